The van der Waals surface area contributed by atoms with E-state index in [1.165, 1.54) is 50.9 Å². The Hall–Kier alpha value is -4.31. The molecule has 0 unspecified atom stereocenters. The Morgan fingerprint density at radius 3 is 2.54 bits per heavy atom. The Morgan fingerprint density at radius 1 is 0.902 bits per heavy atom. The number of imidazole rings is 1. The SMILES string of the molecule is O=C(Nc1ccc2[nH]nc(-c3nc4ccc(N5CCC(N6CCCCC6)CC5)cc4[nH]3)c2c1)c1ccc(F)cc1F. The van der Waals surface area contributed by atoms with Crippen LogP contribution in [-0.2, 0) is 0 Å². The van der Waals surface area contributed by atoms with Crippen LogP contribution in [0.4, 0.5) is 20.2 Å². The molecule has 0 saturated carbocycles. The van der Waals surface area contributed by atoms with Crippen molar-refractivity contribution >= 4 is 39.2 Å². The molecule has 0 atom stereocenters. The molecule has 10 heteroatoms. The molecule has 210 valence electrons. The number of nitrogens with one attached hydrogen (secondary N) is 3. The van der Waals surface area contributed by atoms with Crippen LogP contribution in [0.15, 0.2) is 54.6 Å². The zero-order valence-electron chi connectivity index (χ0n) is 22.6. The highest BCUT2D eigenvalue weighted by molar-refractivity contribution is 6.06. The van der Waals surface area contributed by atoms with Crippen LogP contribution < -0.4 is 10.2 Å². The number of halogens is 2. The van der Waals surface area contributed by atoms with E-state index in [0.717, 1.165) is 47.2 Å². The monoisotopic (exact) mass is 555 g/mol. The maximum atomic E-state index is 14.1. The molecule has 4 heterocycles. The normalized spacial score (nSPS) is 17.0. The van der Waals surface area contributed by atoms with Crippen LogP contribution in [0, 0.1) is 11.6 Å². The van der Waals surface area contributed by atoms with Gasteiger partial charge in [-0.25, -0.2) is 13.8 Å². The molecule has 0 spiro atoms. The van der Waals surface area contributed by atoms with Crippen LogP contribution in [0.5, 0.6) is 0 Å². The van der Waals surface area contributed by atoms with Gasteiger partial charge in [-0.05, 0) is 87.3 Å². The second-order valence-corrected chi connectivity index (χ2v) is 11.0. The average molecular weight is 556 g/mol. The van der Waals surface area contributed by atoms with E-state index in [9.17, 15) is 13.6 Å². The Morgan fingerprint density at radius 2 is 1.73 bits per heavy atom. The second kappa shape index (κ2) is 10.6. The molecule has 0 radical (unpaired) electrons. The number of aromatic amines is 2. The molecule has 0 bridgehead atoms. The largest absolute Gasteiger partial charge is 0.371 e. The first-order valence-electron chi connectivity index (χ1n) is 14.3. The first-order valence-corrected chi connectivity index (χ1v) is 14.3. The van der Waals surface area contributed by atoms with Crippen LogP contribution in [0.3, 0.4) is 0 Å². The molecule has 2 fully saturated rings. The van der Waals surface area contributed by atoms with Crippen molar-refractivity contribution < 1.29 is 13.6 Å². The van der Waals surface area contributed by atoms with E-state index in [4.69, 9.17) is 4.98 Å². The number of carbonyl (C=O) groups is 1. The van der Waals surface area contributed by atoms with E-state index in [-0.39, 0.29) is 5.56 Å². The molecule has 2 aliphatic rings. The van der Waals surface area contributed by atoms with Gasteiger partial charge in [-0.15, -0.1) is 0 Å². The molecule has 2 saturated heterocycles. The highest BCUT2D eigenvalue weighted by Crippen LogP contribution is 2.31. The molecule has 5 aromatic rings. The van der Waals surface area contributed by atoms with Crippen LogP contribution in [0.2, 0.25) is 0 Å². The van der Waals surface area contributed by atoms with Gasteiger partial charge in [-0.3, -0.25) is 9.89 Å². The molecular weight excluding hydrogens is 524 g/mol. The second-order valence-electron chi connectivity index (χ2n) is 11.0. The topological polar surface area (TPSA) is 92.9 Å². The van der Waals surface area contributed by atoms with Crippen LogP contribution in [-0.4, -0.2) is 63.2 Å². The lowest BCUT2D eigenvalue weighted by Gasteiger charge is -2.41. The highest BCUT2D eigenvalue weighted by Gasteiger charge is 2.26. The third-order valence-electron chi connectivity index (χ3n) is 8.42. The highest BCUT2D eigenvalue weighted by atomic mass is 19.1. The van der Waals surface area contributed by atoms with Gasteiger partial charge >= 0.3 is 0 Å². The van der Waals surface area contributed by atoms with Gasteiger partial charge < -0.3 is 20.1 Å². The van der Waals surface area contributed by atoms with Crippen LogP contribution in [0.1, 0.15) is 42.5 Å². The van der Waals surface area contributed by atoms with E-state index < -0.39 is 17.5 Å². The van der Waals surface area contributed by atoms with Gasteiger partial charge in [0, 0.05) is 42.0 Å². The van der Waals surface area contributed by atoms with Crippen LogP contribution >= 0.6 is 0 Å². The van der Waals surface area contributed by atoms with Crippen LogP contribution in [0.25, 0.3) is 33.5 Å². The minimum atomic E-state index is -0.916. The summed E-state index contributed by atoms with van der Waals surface area (Å²) < 4.78 is 27.4. The maximum Gasteiger partial charge on any atom is 0.258 e. The summed E-state index contributed by atoms with van der Waals surface area (Å²) >= 11 is 0. The standard InChI is InChI=1S/C31H31F2N7O/c32-19-4-7-23(25(33)16-19)31(41)34-20-5-8-26-24(17-20)29(38-37-26)30-35-27-9-6-22(18-28(27)36-30)40-14-10-21(11-15-40)39-12-2-1-3-13-39/h4-9,16-18,21H,1-3,10-15H2,(H,34,41)(H,35,36)(H,37,38). The first-order chi connectivity index (χ1) is 20.0. The van der Waals surface area contributed by atoms with Crippen molar-refractivity contribution in [3.63, 3.8) is 0 Å². The van der Waals surface area contributed by atoms with Gasteiger partial charge in [0.15, 0.2) is 5.82 Å². The number of piperidine rings is 2. The molecule has 1 amide bonds. The molecule has 41 heavy (non-hydrogen) atoms. The minimum Gasteiger partial charge on any atom is -0.371 e. The number of hydrogen-bond donors (Lipinski definition) is 3. The van der Waals surface area contributed by atoms with Crippen molar-refractivity contribution in [2.75, 3.05) is 36.4 Å². The molecule has 2 aromatic heterocycles. The van der Waals surface area contributed by atoms with Crippen molar-refractivity contribution in [1.82, 2.24) is 25.1 Å². The van der Waals surface area contributed by atoms with Crippen molar-refractivity contribution in [2.24, 2.45) is 0 Å². The number of aromatic nitrogens is 4. The lowest BCUT2D eigenvalue weighted by atomic mass is 9.99. The maximum absolute atomic E-state index is 14.1. The zero-order valence-corrected chi connectivity index (χ0v) is 22.6. The molecule has 8 nitrogen and oxygen atoms in total. The Labute approximate surface area is 235 Å². The fourth-order valence-corrected chi connectivity index (χ4v) is 6.22. The number of rotatable bonds is 5. The summed E-state index contributed by atoms with van der Waals surface area (Å²) in [5, 5.41) is 10.9. The van der Waals surface area contributed by atoms with Crippen molar-refractivity contribution in [2.45, 2.75) is 38.1 Å². The predicted molar refractivity (Wildman–Crippen MR) is 156 cm³/mol. The number of nitrogens with zero attached hydrogens (tertiary/aromatic N) is 4. The fraction of sp³-hybridized carbons (Fsp3) is 0.323. The predicted octanol–water partition coefficient (Wildman–Crippen LogP) is 6.09. The number of likely N-dealkylation sites (tertiary alicyclic amines) is 1. The number of fused-ring (bicyclic) bond motifs is 2. The molecule has 3 aromatic carbocycles. The van der Waals surface area contributed by atoms with Crippen molar-refractivity contribution in [3.05, 3.63) is 71.8 Å². The van der Waals surface area contributed by atoms with Crippen molar-refractivity contribution in [3.8, 4) is 11.5 Å². The van der Waals surface area contributed by atoms with Gasteiger partial charge in [-0.1, -0.05) is 6.42 Å². The molecular formula is C31H31F2N7O. The van der Waals surface area contributed by atoms with E-state index in [1.807, 2.05) is 6.07 Å². The fourth-order valence-electron chi connectivity index (χ4n) is 6.22. The summed E-state index contributed by atoms with van der Waals surface area (Å²) in [7, 11) is 0. The quantitative estimate of drug-likeness (QED) is 0.244. The first kappa shape index (κ1) is 25.6. The summed E-state index contributed by atoms with van der Waals surface area (Å²) in [6.45, 7) is 4.59. The van der Waals surface area contributed by atoms with Crippen molar-refractivity contribution in [1.29, 1.82) is 0 Å². The zero-order chi connectivity index (χ0) is 27.9. The summed E-state index contributed by atoms with van der Waals surface area (Å²) in [5.74, 6) is -1.71. The lowest BCUT2D eigenvalue weighted by molar-refractivity contribution is 0.102. The third-order valence-corrected chi connectivity index (χ3v) is 8.42. The number of benzene rings is 3. The van der Waals surface area contributed by atoms with E-state index in [0.29, 0.717) is 29.3 Å². The van der Waals surface area contributed by atoms with Gasteiger partial charge in [0.2, 0.25) is 0 Å². The summed E-state index contributed by atoms with van der Waals surface area (Å²) in [6.07, 6.45) is 6.41. The van der Waals surface area contributed by atoms with E-state index in [1.54, 1.807) is 18.2 Å². The summed E-state index contributed by atoms with van der Waals surface area (Å²) in [5.41, 5.74) is 4.58. The summed E-state index contributed by atoms with van der Waals surface area (Å²) in [4.78, 5) is 26.0. The molecule has 2 aliphatic heterocycles. The number of anilines is 2. The molecule has 3 N–H and O–H groups in total. The third kappa shape index (κ3) is 5.04. The van der Waals surface area contributed by atoms with Gasteiger partial charge in [0.05, 0.1) is 22.1 Å². The number of carbonyl (C=O) groups excluding carboxylic acids is 1. The van der Waals surface area contributed by atoms with E-state index in [2.05, 4.69) is 42.4 Å². The number of amides is 1. The lowest BCUT2D eigenvalue weighted by Crippen LogP contribution is -2.46. The Kier molecular flexibility index (Phi) is 6.62. The Balaban J connectivity index is 1.10. The number of H-pyrrole nitrogens is 2. The average Bonchev–Trinajstić information content (AvgIpc) is 3.61. The van der Waals surface area contributed by atoms with Gasteiger partial charge in [0.25, 0.3) is 5.91 Å². The number of hydrogen-bond acceptors (Lipinski definition) is 5. The smallest absolute Gasteiger partial charge is 0.258 e. The van der Waals surface area contributed by atoms with Gasteiger partial charge in [-0.2, -0.15) is 5.10 Å². The summed E-state index contributed by atoms with van der Waals surface area (Å²) in [6, 6.07) is 15.2. The van der Waals surface area contributed by atoms with E-state index >= 15 is 0 Å². The molecule has 0 aliphatic carbocycles. The van der Waals surface area contributed by atoms with Gasteiger partial charge in [0.1, 0.15) is 17.3 Å². The Bertz CT molecular complexity index is 1730. The minimum absolute atomic E-state index is 0.234. The molecule has 7 rings (SSSR count).